The van der Waals surface area contributed by atoms with Gasteiger partial charge in [0.25, 0.3) is 5.56 Å². The van der Waals surface area contributed by atoms with Crippen LogP contribution in [0.5, 0.6) is 0 Å². The molecule has 7 nitrogen and oxygen atoms in total. The molecule has 1 aliphatic rings. The Kier molecular flexibility index (Phi) is 6.19. The number of carbonyl (C=O) groups excluding carboxylic acids is 2. The molecule has 0 saturated heterocycles. The predicted octanol–water partition coefficient (Wildman–Crippen LogP) is 1.79. The summed E-state index contributed by atoms with van der Waals surface area (Å²) in [5.41, 5.74) is 0.761. The number of pyridine rings is 1. The van der Waals surface area contributed by atoms with Crippen LogP contribution in [0.1, 0.15) is 60.9 Å². The number of esters is 1. The van der Waals surface area contributed by atoms with E-state index in [2.05, 4.69) is 10.3 Å². The summed E-state index contributed by atoms with van der Waals surface area (Å²) in [7, 11) is 1.33. The lowest BCUT2D eigenvalue weighted by Crippen LogP contribution is -2.56. The molecule has 1 heterocycles. The molecule has 0 atom stereocenters. The molecule has 0 radical (unpaired) electrons. The number of hydrogen-bond acceptors (Lipinski definition) is 5. The molecule has 2 N–H and O–H groups in total. The van der Waals surface area contributed by atoms with E-state index in [-0.39, 0.29) is 17.9 Å². The first-order valence-electron chi connectivity index (χ1n) is 8.86. The lowest BCUT2D eigenvalue weighted by atomic mass is 9.81. The average Bonchev–Trinajstić information content (AvgIpc) is 2.61. The number of hydrogen-bond donors (Lipinski definition) is 2. The Bertz CT molecular complexity index is 798. The van der Waals surface area contributed by atoms with Crippen LogP contribution in [0, 0.1) is 25.2 Å². The fraction of sp³-hybridized carbons (Fsp3) is 0.579. The summed E-state index contributed by atoms with van der Waals surface area (Å²) >= 11 is 0. The van der Waals surface area contributed by atoms with Gasteiger partial charge in [-0.05, 0) is 44.2 Å². The van der Waals surface area contributed by atoms with E-state index in [1.54, 1.807) is 13.8 Å². The highest BCUT2D eigenvalue weighted by molar-refractivity contribution is 5.88. The fourth-order valence-corrected chi connectivity index (χ4v) is 3.72. The van der Waals surface area contributed by atoms with Crippen LogP contribution in [-0.4, -0.2) is 29.5 Å². The summed E-state index contributed by atoms with van der Waals surface area (Å²) in [5.74, 6) is -0.630. The number of nitrogens with zero attached hydrogens (tertiary/aromatic N) is 1. The highest BCUT2D eigenvalue weighted by Gasteiger charge is 2.41. The first-order chi connectivity index (χ1) is 12.3. The molecule has 0 aliphatic heterocycles. The van der Waals surface area contributed by atoms with Gasteiger partial charge in [-0.25, -0.2) is 4.79 Å². The zero-order valence-electron chi connectivity index (χ0n) is 15.5. The van der Waals surface area contributed by atoms with Gasteiger partial charge in [-0.15, -0.1) is 0 Å². The first-order valence-corrected chi connectivity index (χ1v) is 8.86. The van der Waals surface area contributed by atoms with Gasteiger partial charge in [0.15, 0.2) is 0 Å². The van der Waals surface area contributed by atoms with E-state index in [4.69, 9.17) is 10.00 Å². The second-order valence-corrected chi connectivity index (χ2v) is 6.85. The Labute approximate surface area is 152 Å². The van der Waals surface area contributed by atoms with Gasteiger partial charge >= 0.3 is 5.97 Å². The number of methoxy groups -OCH3 is 1. The molecule has 140 valence electrons. The molecule has 0 spiro atoms. The van der Waals surface area contributed by atoms with E-state index in [0.717, 1.165) is 24.8 Å². The Hall–Kier alpha value is -2.62. The number of carbonyl (C=O) groups is 2. The van der Waals surface area contributed by atoms with Crippen molar-refractivity contribution in [2.75, 3.05) is 7.11 Å². The van der Waals surface area contributed by atoms with Gasteiger partial charge in [-0.2, -0.15) is 5.26 Å². The molecule has 1 aromatic heterocycles. The van der Waals surface area contributed by atoms with Crippen LogP contribution in [0.3, 0.4) is 0 Å². The molecular formula is C19H25N3O4. The maximum Gasteiger partial charge on any atom is 0.331 e. The summed E-state index contributed by atoms with van der Waals surface area (Å²) in [6.45, 7) is 3.46. The summed E-state index contributed by atoms with van der Waals surface area (Å²) in [6.07, 6.45) is 4.50. The van der Waals surface area contributed by atoms with Crippen LogP contribution in [0.2, 0.25) is 0 Å². The van der Waals surface area contributed by atoms with E-state index < -0.39 is 17.1 Å². The van der Waals surface area contributed by atoms with Crippen molar-refractivity contribution in [3.63, 3.8) is 0 Å². The molecule has 1 aromatic rings. The highest BCUT2D eigenvalue weighted by atomic mass is 16.5. The van der Waals surface area contributed by atoms with E-state index in [1.807, 2.05) is 6.07 Å². The molecule has 0 unspecified atom stereocenters. The zero-order valence-corrected chi connectivity index (χ0v) is 15.5. The molecule has 0 bridgehead atoms. The van der Waals surface area contributed by atoms with Gasteiger partial charge in [0.2, 0.25) is 5.91 Å². The lowest BCUT2D eigenvalue weighted by molar-refractivity contribution is -0.152. The number of ether oxygens (including phenoxy) is 1. The van der Waals surface area contributed by atoms with Crippen molar-refractivity contribution < 1.29 is 14.3 Å². The van der Waals surface area contributed by atoms with Gasteiger partial charge < -0.3 is 15.0 Å². The largest absolute Gasteiger partial charge is 0.467 e. The van der Waals surface area contributed by atoms with Gasteiger partial charge in [0, 0.05) is 12.1 Å². The van der Waals surface area contributed by atoms with E-state index >= 15 is 0 Å². The Morgan fingerprint density at radius 2 is 1.92 bits per heavy atom. The third-order valence-electron chi connectivity index (χ3n) is 5.18. The Morgan fingerprint density at radius 3 is 2.50 bits per heavy atom. The number of rotatable bonds is 5. The molecule has 1 amide bonds. The number of aryl methyl sites for hydroxylation is 1. The minimum absolute atomic E-state index is 0.0734. The number of nitriles is 1. The van der Waals surface area contributed by atoms with E-state index in [0.29, 0.717) is 30.5 Å². The molecule has 1 fully saturated rings. The van der Waals surface area contributed by atoms with Crippen LogP contribution >= 0.6 is 0 Å². The van der Waals surface area contributed by atoms with Gasteiger partial charge in [0.1, 0.15) is 17.2 Å². The lowest BCUT2D eigenvalue weighted by Gasteiger charge is -2.35. The van der Waals surface area contributed by atoms with Crippen molar-refractivity contribution in [3.8, 4) is 6.07 Å². The quantitative estimate of drug-likeness (QED) is 0.778. The number of aromatic nitrogens is 1. The minimum Gasteiger partial charge on any atom is -0.467 e. The SMILES string of the molecule is COC(=O)C1(NC(=O)CCc2c(C)[nH]c(=O)c(C#N)c2C)CCCCC1. The van der Waals surface area contributed by atoms with Crippen LogP contribution in [-0.2, 0) is 20.7 Å². The van der Waals surface area contributed by atoms with Crippen molar-refractivity contribution in [3.05, 3.63) is 32.7 Å². The third kappa shape index (κ3) is 3.96. The number of aromatic amines is 1. The smallest absolute Gasteiger partial charge is 0.331 e. The minimum atomic E-state index is -0.934. The van der Waals surface area contributed by atoms with Crippen LogP contribution in [0.25, 0.3) is 0 Å². The normalized spacial score (nSPS) is 15.8. The molecule has 7 heteroatoms. The molecule has 0 aromatic carbocycles. The first kappa shape index (κ1) is 19.7. The van der Waals surface area contributed by atoms with Crippen molar-refractivity contribution in [2.45, 2.75) is 64.3 Å². The fourth-order valence-electron chi connectivity index (χ4n) is 3.72. The van der Waals surface area contributed by atoms with E-state index in [9.17, 15) is 14.4 Å². The molecule has 2 rings (SSSR count). The number of nitrogens with one attached hydrogen (secondary N) is 2. The average molecular weight is 359 g/mol. The van der Waals surface area contributed by atoms with Gasteiger partial charge in [-0.3, -0.25) is 9.59 Å². The molecule has 1 saturated carbocycles. The van der Waals surface area contributed by atoms with Crippen molar-refractivity contribution >= 4 is 11.9 Å². The second-order valence-electron chi connectivity index (χ2n) is 6.85. The second kappa shape index (κ2) is 8.17. The monoisotopic (exact) mass is 359 g/mol. The van der Waals surface area contributed by atoms with Crippen molar-refractivity contribution in [1.82, 2.24) is 10.3 Å². The predicted molar refractivity (Wildman–Crippen MR) is 95.5 cm³/mol. The summed E-state index contributed by atoms with van der Waals surface area (Å²) < 4.78 is 4.91. The Morgan fingerprint density at radius 1 is 1.27 bits per heavy atom. The zero-order chi connectivity index (χ0) is 19.3. The van der Waals surface area contributed by atoms with Crippen LogP contribution in [0.4, 0.5) is 0 Å². The summed E-state index contributed by atoms with van der Waals surface area (Å²) in [6, 6.07) is 1.91. The molecular weight excluding hydrogens is 334 g/mol. The third-order valence-corrected chi connectivity index (χ3v) is 5.18. The van der Waals surface area contributed by atoms with Gasteiger partial charge in [0.05, 0.1) is 7.11 Å². The Balaban J connectivity index is 2.13. The number of H-pyrrole nitrogens is 1. The van der Waals surface area contributed by atoms with Gasteiger partial charge in [-0.1, -0.05) is 19.3 Å². The van der Waals surface area contributed by atoms with Crippen LogP contribution in [0.15, 0.2) is 4.79 Å². The van der Waals surface area contributed by atoms with Crippen molar-refractivity contribution in [1.29, 1.82) is 5.26 Å². The number of amides is 1. The maximum atomic E-state index is 12.5. The maximum absolute atomic E-state index is 12.5. The molecule has 26 heavy (non-hydrogen) atoms. The van der Waals surface area contributed by atoms with Crippen molar-refractivity contribution in [2.24, 2.45) is 0 Å². The molecule has 1 aliphatic carbocycles. The van der Waals surface area contributed by atoms with E-state index in [1.165, 1.54) is 7.11 Å². The standard InChI is InChI=1S/C19H25N3O4/c1-12-14(13(2)21-17(24)15(12)11-20)7-8-16(23)22-19(18(25)26-3)9-5-4-6-10-19/h4-10H2,1-3H3,(H,21,24)(H,22,23). The van der Waals surface area contributed by atoms with Crippen LogP contribution < -0.4 is 10.9 Å². The topological polar surface area (TPSA) is 112 Å². The summed E-state index contributed by atoms with van der Waals surface area (Å²) in [4.78, 5) is 39.2. The summed E-state index contributed by atoms with van der Waals surface area (Å²) in [5, 5.41) is 12.0. The highest BCUT2D eigenvalue weighted by Crippen LogP contribution is 2.29.